The van der Waals surface area contributed by atoms with Gasteiger partial charge in [-0.25, -0.2) is 0 Å². The van der Waals surface area contributed by atoms with Crippen molar-refractivity contribution in [3.63, 3.8) is 0 Å². The molecule has 1 aromatic heterocycles. The SMILES string of the molecule is CC(C)n1cc(C2(C)CO2)cn1. The molecule has 0 N–H and O–H groups in total. The highest BCUT2D eigenvalue weighted by Crippen LogP contribution is 2.37. The lowest BCUT2D eigenvalue weighted by molar-refractivity contribution is 0.329. The van der Waals surface area contributed by atoms with Gasteiger partial charge in [-0.1, -0.05) is 0 Å². The van der Waals surface area contributed by atoms with Gasteiger partial charge >= 0.3 is 0 Å². The summed E-state index contributed by atoms with van der Waals surface area (Å²) < 4.78 is 7.28. The van der Waals surface area contributed by atoms with E-state index >= 15 is 0 Å². The molecule has 0 saturated carbocycles. The van der Waals surface area contributed by atoms with Crippen LogP contribution in [0.3, 0.4) is 0 Å². The number of nitrogens with zero attached hydrogens (tertiary/aromatic N) is 2. The molecule has 1 fully saturated rings. The van der Waals surface area contributed by atoms with E-state index in [-0.39, 0.29) is 5.60 Å². The van der Waals surface area contributed by atoms with Crippen molar-refractivity contribution in [2.75, 3.05) is 6.61 Å². The van der Waals surface area contributed by atoms with Gasteiger partial charge in [0, 0.05) is 17.8 Å². The predicted molar refractivity (Wildman–Crippen MR) is 45.9 cm³/mol. The smallest absolute Gasteiger partial charge is 0.117 e. The molecule has 0 aromatic carbocycles. The van der Waals surface area contributed by atoms with Gasteiger partial charge in [0.15, 0.2) is 0 Å². The molecule has 1 saturated heterocycles. The highest BCUT2D eigenvalue weighted by Gasteiger charge is 2.42. The van der Waals surface area contributed by atoms with Crippen LogP contribution in [0.1, 0.15) is 32.4 Å². The van der Waals surface area contributed by atoms with Crippen LogP contribution in [0.4, 0.5) is 0 Å². The average Bonchev–Trinajstić information content (AvgIpc) is 2.61. The van der Waals surface area contributed by atoms with Crippen LogP contribution in [-0.2, 0) is 10.3 Å². The highest BCUT2D eigenvalue weighted by molar-refractivity contribution is 5.19. The fraction of sp³-hybridized carbons (Fsp3) is 0.667. The fourth-order valence-corrected chi connectivity index (χ4v) is 1.17. The molecule has 12 heavy (non-hydrogen) atoms. The van der Waals surface area contributed by atoms with Gasteiger partial charge < -0.3 is 4.74 Å². The van der Waals surface area contributed by atoms with Crippen LogP contribution in [0.15, 0.2) is 12.4 Å². The van der Waals surface area contributed by atoms with Crippen molar-refractivity contribution in [1.82, 2.24) is 9.78 Å². The molecular weight excluding hydrogens is 152 g/mol. The average molecular weight is 166 g/mol. The molecule has 0 amide bonds. The Balaban J connectivity index is 2.25. The van der Waals surface area contributed by atoms with Gasteiger partial charge in [0.25, 0.3) is 0 Å². The van der Waals surface area contributed by atoms with Crippen molar-refractivity contribution < 1.29 is 4.74 Å². The van der Waals surface area contributed by atoms with Crippen LogP contribution < -0.4 is 0 Å². The van der Waals surface area contributed by atoms with E-state index < -0.39 is 0 Å². The fourth-order valence-electron chi connectivity index (χ4n) is 1.17. The molecule has 0 spiro atoms. The number of hydrogen-bond donors (Lipinski definition) is 0. The van der Waals surface area contributed by atoms with E-state index in [0.29, 0.717) is 6.04 Å². The van der Waals surface area contributed by atoms with E-state index in [0.717, 1.165) is 6.61 Å². The zero-order valence-electron chi connectivity index (χ0n) is 7.74. The molecule has 1 aromatic rings. The van der Waals surface area contributed by atoms with Crippen molar-refractivity contribution in [3.8, 4) is 0 Å². The largest absolute Gasteiger partial charge is 0.365 e. The highest BCUT2D eigenvalue weighted by atomic mass is 16.6. The summed E-state index contributed by atoms with van der Waals surface area (Å²) >= 11 is 0. The van der Waals surface area contributed by atoms with Crippen molar-refractivity contribution in [2.45, 2.75) is 32.4 Å². The Labute approximate surface area is 72.3 Å². The minimum Gasteiger partial charge on any atom is -0.365 e. The van der Waals surface area contributed by atoms with Crippen LogP contribution in [0, 0.1) is 0 Å². The maximum Gasteiger partial charge on any atom is 0.117 e. The predicted octanol–water partition coefficient (Wildman–Crippen LogP) is 1.71. The van der Waals surface area contributed by atoms with Gasteiger partial charge in [0.1, 0.15) is 5.60 Å². The zero-order chi connectivity index (χ0) is 8.77. The minimum absolute atomic E-state index is 0.0346. The summed E-state index contributed by atoms with van der Waals surface area (Å²) in [5, 5.41) is 4.26. The number of aromatic nitrogens is 2. The number of ether oxygens (including phenoxy) is 1. The second-order valence-corrected chi connectivity index (χ2v) is 3.82. The molecule has 1 aliphatic heterocycles. The van der Waals surface area contributed by atoms with Gasteiger partial charge in [0.05, 0.1) is 12.8 Å². The Morgan fingerprint density at radius 3 is 2.75 bits per heavy atom. The molecule has 3 heteroatoms. The maximum atomic E-state index is 5.32. The van der Waals surface area contributed by atoms with E-state index in [4.69, 9.17) is 4.74 Å². The monoisotopic (exact) mass is 166 g/mol. The van der Waals surface area contributed by atoms with Crippen LogP contribution >= 0.6 is 0 Å². The maximum absolute atomic E-state index is 5.32. The van der Waals surface area contributed by atoms with Crippen LogP contribution in [0.5, 0.6) is 0 Å². The van der Waals surface area contributed by atoms with Crippen LogP contribution in [0.2, 0.25) is 0 Å². The molecule has 1 aliphatic rings. The molecule has 3 nitrogen and oxygen atoms in total. The van der Waals surface area contributed by atoms with Crippen molar-refractivity contribution in [2.24, 2.45) is 0 Å². The quantitative estimate of drug-likeness (QED) is 0.626. The molecule has 2 rings (SSSR count). The summed E-state index contributed by atoms with van der Waals surface area (Å²) in [7, 11) is 0. The second-order valence-electron chi connectivity index (χ2n) is 3.82. The lowest BCUT2D eigenvalue weighted by atomic mass is 10.1. The molecule has 0 bridgehead atoms. The normalized spacial score (nSPS) is 28.0. The van der Waals surface area contributed by atoms with Gasteiger partial charge in [-0.05, 0) is 20.8 Å². The lowest BCUT2D eigenvalue weighted by Gasteiger charge is -2.03. The summed E-state index contributed by atoms with van der Waals surface area (Å²) in [6.45, 7) is 7.16. The third-order valence-electron chi connectivity index (χ3n) is 2.32. The van der Waals surface area contributed by atoms with E-state index in [9.17, 15) is 0 Å². The standard InChI is InChI=1S/C9H14N2O/c1-7(2)11-5-8(4-10-11)9(3)6-12-9/h4-5,7H,6H2,1-3H3. The third-order valence-corrected chi connectivity index (χ3v) is 2.32. The first kappa shape index (κ1) is 7.80. The van der Waals surface area contributed by atoms with Gasteiger partial charge in [-0.3, -0.25) is 4.68 Å². The van der Waals surface area contributed by atoms with E-state index in [1.54, 1.807) is 0 Å². The third kappa shape index (κ3) is 1.14. The summed E-state index contributed by atoms with van der Waals surface area (Å²) in [5.74, 6) is 0. The zero-order valence-corrected chi connectivity index (χ0v) is 7.74. The van der Waals surface area contributed by atoms with E-state index in [1.165, 1.54) is 5.56 Å². The van der Waals surface area contributed by atoms with Crippen molar-refractivity contribution >= 4 is 0 Å². The van der Waals surface area contributed by atoms with Crippen molar-refractivity contribution in [1.29, 1.82) is 0 Å². The lowest BCUT2D eigenvalue weighted by Crippen LogP contribution is -2.02. The summed E-state index contributed by atoms with van der Waals surface area (Å²) in [5.41, 5.74) is 1.16. The van der Waals surface area contributed by atoms with Crippen LogP contribution in [-0.4, -0.2) is 16.4 Å². The van der Waals surface area contributed by atoms with Crippen LogP contribution in [0.25, 0.3) is 0 Å². The van der Waals surface area contributed by atoms with Crippen molar-refractivity contribution in [3.05, 3.63) is 18.0 Å². The molecule has 1 unspecified atom stereocenters. The molecule has 0 aliphatic carbocycles. The molecular formula is C9H14N2O. The first-order valence-corrected chi connectivity index (χ1v) is 4.30. The Morgan fingerprint density at radius 1 is 1.67 bits per heavy atom. The van der Waals surface area contributed by atoms with E-state index in [2.05, 4.69) is 32.1 Å². The molecule has 66 valence electrons. The number of epoxide rings is 1. The summed E-state index contributed by atoms with van der Waals surface area (Å²) in [4.78, 5) is 0. The first-order chi connectivity index (χ1) is 5.62. The molecule has 0 radical (unpaired) electrons. The summed E-state index contributed by atoms with van der Waals surface area (Å²) in [6.07, 6.45) is 3.96. The van der Waals surface area contributed by atoms with Gasteiger partial charge in [-0.15, -0.1) is 0 Å². The Bertz CT molecular complexity index is 286. The Kier molecular flexibility index (Phi) is 1.51. The number of hydrogen-bond acceptors (Lipinski definition) is 2. The molecule has 1 atom stereocenters. The van der Waals surface area contributed by atoms with E-state index in [1.807, 2.05) is 10.9 Å². The van der Waals surface area contributed by atoms with Gasteiger partial charge in [-0.2, -0.15) is 5.10 Å². The first-order valence-electron chi connectivity index (χ1n) is 4.30. The Hall–Kier alpha value is -0.830. The minimum atomic E-state index is -0.0346. The number of rotatable bonds is 2. The van der Waals surface area contributed by atoms with Gasteiger partial charge in [0.2, 0.25) is 0 Å². The Morgan fingerprint density at radius 2 is 2.33 bits per heavy atom. The summed E-state index contributed by atoms with van der Waals surface area (Å²) in [6, 6.07) is 0.432. The topological polar surface area (TPSA) is 30.4 Å². The second kappa shape index (κ2) is 2.33. The molecule has 2 heterocycles.